The van der Waals surface area contributed by atoms with Crippen LogP contribution >= 0.6 is 11.8 Å². The number of fused-ring (bicyclic) bond motifs is 1. The highest BCUT2D eigenvalue weighted by atomic mass is 32.2. The summed E-state index contributed by atoms with van der Waals surface area (Å²) in [4.78, 5) is 17.3. The molecule has 33 heavy (non-hydrogen) atoms. The largest absolute Gasteiger partial charge is 0.497 e. The standard InChI is InChI=1S/C25H21N5O2S/c1-17-8-6-13-22-26-19(15-23(31)29(17)22)16-33-25-28-27-24(18-9-7-12-21(14-18)32-2)30(25)20-10-4-3-5-11-20/h3-15H,16H2,1-2H3. The third kappa shape index (κ3) is 4.12. The minimum Gasteiger partial charge on any atom is -0.497 e. The van der Waals surface area contributed by atoms with Crippen molar-refractivity contribution in [3.63, 3.8) is 0 Å². The zero-order chi connectivity index (χ0) is 22.8. The molecule has 0 aliphatic rings. The lowest BCUT2D eigenvalue weighted by Gasteiger charge is -2.11. The molecule has 0 aliphatic carbocycles. The molecule has 0 N–H and O–H groups in total. The second-order valence-corrected chi connectivity index (χ2v) is 8.39. The molecule has 0 amide bonds. The maximum atomic E-state index is 12.6. The minimum atomic E-state index is -0.0877. The van der Waals surface area contributed by atoms with Gasteiger partial charge >= 0.3 is 0 Å². The molecule has 2 aromatic carbocycles. The van der Waals surface area contributed by atoms with Crippen LogP contribution in [0, 0.1) is 6.92 Å². The van der Waals surface area contributed by atoms with Gasteiger partial charge in [0.25, 0.3) is 5.56 Å². The van der Waals surface area contributed by atoms with Gasteiger partial charge in [0.15, 0.2) is 11.0 Å². The first-order valence-electron chi connectivity index (χ1n) is 10.4. The number of aromatic nitrogens is 5. The molecule has 0 fully saturated rings. The number of rotatable bonds is 6. The van der Waals surface area contributed by atoms with Crippen molar-refractivity contribution in [3.05, 3.63) is 101 Å². The third-order valence-corrected chi connectivity index (χ3v) is 6.22. The number of ether oxygens (including phenoxy) is 1. The Hall–Kier alpha value is -3.91. The van der Waals surface area contributed by atoms with Gasteiger partial charge in [-0.05, 0) is 43.3 Å². The van der Waals surface area contributed by atoms with Crippen LogP contribution in [0.25, 0.3) is 22.7 Å². The van der Waals surface area contributed by atoms with Gasteiger partial charge in [-0.2, -0.15) is 0 Å². The van der Waals surface area contributed by atoms with E-state index in [-0.39, 0.29) is 5.56 Å². The second-order valence-electron chi connectivity index (χ2n) is 7.44. The van der Waals surface area contributed by atoms with E-state index in [4.69, 9.17) is 4.74 Å². The fraction of sp³-hybridized carbons (Fsp3) is 0.120. The Morgan fingerprint density at radius 1 is 0.939 bits per heavy atom. The molecule has 3 aromatic heterocycles. The summed E-state index contributed by atoms with van der Waals surface area (Å²) in [5.74, 6) is 1.95. The van der Waals surface area contributed by atoms with E-state index < -0.39 is 0 Å². The van der Waals surface area contributed by atoms with Crippen molar-refractivity contribution in [2.24, 2.45) is 0 Å². The van der Waals surface area contributed by atoms with Crippen molar-refractivity contribution in [3.8, 4) is 22.8 Å². The molecule has 0 saturated carbocycles. The summed E-state index contributed by atoms with van der Waals surface area (Å²) >= 11 is 1.49. The number of aryl methyl sites for hydroxylation is 1. The number of nitrogens with zero attached hydrogens (tertiary/aromatic N) is 5. The van der Waals surface area contributed by atoms with Crippen molar-refractivity contribution >= 4 is 17.4 Å². The summed E-state index contributed by atoms with van der Waals surface area (Å²) in [6, 6.07) is 24.9. The van der Waals surface area contributed by atoms with Crippen LogP contribution in [0.4, 0.5) is 0 Å². The van der Waals surface area contributed by atoms with E-state index in [1.807, 2.05) is 84.3 Å². The van der Waals surface area contributed by atoms with E-state index in [1.165, 1.54) is 11.8 Å². The van der Waals surface area contributed by atoms with E-state index in [0.29, 0.717) is 28.1 Å². The maximum Gasteiger partial charge on any atom is 0.258 e. The van der Waals surface area contributed by atoms with Crippen LogP contribution in [0.5, 0.6) is 5.75 Å². The molecule has 0 atom stereocenters. The summed E-state index contributed by atoms with van der Waals surface area (Å²) < 4.78 is 9.01. The van der Waals surface area contributed by atoms with Gasteiger partial charge in [0.05, 0.1) is 12.8 Å². The van der Waals surface area contributed by atoms with Crippen LogP contribution in [0.15, 0.2) is 88.8 Å². The first-order valence-corrected chi connectivity index (χ1v) is 11.4. The molecule has 5 rings (SSSR count). The van der Waals surface area contributed by atoms with Gasteiger partial charge in [-0.25, -0.2) is 4.98 Å². The van der Waals surface area contributed by atoms with Crippen molar-refractivity contribution < 1.29 is 4.74 Å². The van der Waals surface area contributed by atoms with Gasteiger partial charge in [-0.3, -0.25) is 13.8 Å². The number of benzene rings is 2. The number of hydrogen-bond donors (Lipinski definition) is 0. The Labute approximate surface area is 194 Å². The Balaban J connectivity index is 1.53. The highest BCUT2D eigenvalue weighted by Crippen LogP contribution is 2.30. The summed E-state index contributed by atoms with van der Waals surface area (Å²) in [6.45, 7) is 1.90. The predicted molar refractivity (Wildman–Crippen MR) is 129 cm³/mol. The molecule has 0 bridgehead atoms. The van der Waals surface area contributed by atoms with Crippen LogP contribution in [-0.4, -0.2) is 31.3 Å². The fourth-order valence-electron chi connectivity index (χ4n) is 3.70. The first kappa shape index (κ1) is 21.0. The van der Waals surface area contributed by atoms with E-state index in [2.05, 4.69) is 15.2 Å². The number of hydrogen-bond acceptors (Lipinski definition) is 6. The van der Waals surface area contributed by atoms with E-state index in [0.717, 1.165) is 22.7 Å². The molecule has 0 spiro atoms. The number of para-hydroxylation sites is 1. The zero-order valence-corrected chi connectivity index (χ0v) is 19.0. The van der Waals surface area contributed by atoms with Gasteiger partial charge in [0, 0.05) is 28.8 Å². The van der Waals surface area contributed by atoms with Crippen molar-refractivity contribution in [2.75, 3.05) is 7.11 Å². The molecule has 3 heterocycles. The maximum absolute atomic E-state index is 12.6. The topological polar surface area (TPSA) is 74.3 Å². The van der Waals surface area contributed by atoms with E-state index in [9.17, 15) is 4.79 Å². The number of thioether (sulfide) groups is 1. The second kappa shape index (κ2) is 8.91. The zero-order valence-electron chi connectivity index (χ0n) is 18.2. The highest BCUT2D eigenvalue weighted by molar-refractivity contribution is 7.98. The summed E-state index contributed by atoms with van der Waals surface area (Å²) in [6.07, 6.45) is 0. The lowest BCUT2D eigenvalue weighted by atomic mass is 10.2. The van der Waals surface area contributed by atoms with Crippen LogP contribution in [0.3, 0.4) is 0 Å². The van der Waals surface area contributed by atoms with E-state index in [1.54, 1.807) is 17.6 Å². The fourth-order valence-corrected chi connectivity index (χ4v) is 4.54. The average molecular weight is 456 g/mol. The van der Waals surface area contributed by atoms with Crippen LogP contribution in [-0.2, 0) is 5.75 Å². The monoisotopic (exact) mass is 455 g/mol. The molecule has 0 radical (unpaired) electrons. The number of methoxy groups -OCH3 is 1. The molecule has 5 aromatic rings. The molecule has 0 aliphatic heterocycles. The smallest absolute Gasteiger partial charge is 0.258 e. The average Bonchev–Trinajstić information content (AvgIpc) is 3.27. The normalized spacial score (nSPS) is 11.1. The Kier molecular flexibility index (Phi) is 5.66. The highest BCUT2D eigenvalue weighted by Gasteiger charge is 2.17. The van der Waals surface area contributed by atoms with Crippen LogP contribution < -0.4 is 10.3 Å². The van der Waals surface area contributed by atoms with Gasteiger partial charge in [0.1, 0.15) is 11.4 Å². The summed E-state index contributed by atoms with van der Waals surface area (Å²) in [5.41, 5.74) is 3.95. The van der Waals surface area contributed by atoms with Crippen molar-refractivity contribution in [1.82, 2.24) is 24.1 Å². The molecular weight excluding hydrogens is 434 g/mol. The Bertz CT molecular complexity index is 1490. The molecular formula is C25H21N5O2S. The van der Waals surface area contributed by atoms with Gasteiger partial charge < -0.3 is 4.74 Å². The van der Waals surface area contributed by atoms with Crippen molar-refractivity contribution in [2.45, 2.75) is 17.8 Å². The van der Waals surface area contributed by atoms with Gasteiger partial charge in [-0.1, -0.05) is 48.2 Å². The summed E-state index contributed by atoms with van der Waals surface area (Å²) in [7, 11) is 1.64. The predicted octanol–water partition coefficient (Wildman–Crippen LogP) is 4.55. The lowest BCUT2D eigenvalue weighted by molar-refractivity contribution is 0.415. The first-order chi connectivity index (χ1) is 16.1. The third-order valence-electron chi connectivity index (χ3n) is 5.26. The molecule has 164 valence electrons. The Morgan fingerprint density at radius 2 is 1.76 bits per heavy atom. The van der Waals surface area contributed by atoms with Gasteiger partial charge in [-0.15, -0.1) is 10.2 Å². The minimum absolute atomic E-state index is 0.0877. The molecule has 8 heteroatoms. The molecule has 0 unspecified atom stereocenters. The number of pyridine rings is 1. The molecule has 7 nitrogen and oxygen atoms in total. The van der Waals surface area contributed by atoms with Crippen LogP contribution in [0.2, 0.25) is 0 Å². The molecule has 0 saturated heterocycles. The van der Waals surface area contributed by atoms with E-state index >= 15 is 0 Å². The van der Waals surface area contributed by atoms with Crippen molar-refractivity contribution in [1.29, 1.82) is 0 Å². The SMILES string of the molecule is COc1cccc(-c2nnc(SCc3cc(=O)n4c(C)cccc4n3)n2-c2ccccc2)c1. The van der Waals surface area contributed by atoms with Gasteiger partial charge in [0.2, 0.25) is 0 Å². The Morgan fingerprint density at radius 3 is 2.58 bits per heavy atom. The van der Waals surface area contributed by atoms with Crippen LogP contribution in [0.1, 0.15) is 11.4 Å². The summed E-state index contributed by atoms with van der Waals surface area (Å²) in [5, 5.41) is 9.66. The quantitative estimate of drug-likeness (QED) is 0.350. The lowest BCUT2D eigenvalue weighted by Crippen LogP contribution is -2.17.